The maximum Gasteiger partial charge on any atom is 0.573 e. The molecule has 2 nitrogen and oxygen atoms in total. The van der Waals surface area contributed by atoms with Crippen LogP contribution in [-0.4, -0.2) is 12.9 Å². The summed E-state index contributed by atoms with van der Waals surface area (Å²) in [4.78, 5) is 0. The summed E-state index contributed by atoms with van der Waals surface area (Å²) in [6, 6.07) is 11.9. The van der Waals surface area contributed by atoms with Crippen LogP contribution in [0.2, 0.25) is 0 Å². The van der Waals surface area contributed by atoms with Gasteiger partial charge in [-0.05, 0) is 42.2 Å². The van der Waals surface area contributed by atoms with Crippen LogP contribution < -0.4 is 10.1 Å². The van der Waals surface area contributed by atoms with E-state index < -0.39 is 6.36 Å². The van der Waals surface area contributed by atoms with Crippen molar-refractivity contribution in [1.29, 1.82) is 0 Å². The second-order valence-corrected chi connectivity index (χ2v) is 4.95. The number of halogens is 3. The van der Waals surface area contributed by atoms with Gasteiger partial charge in [-0.1, -0.05) is 24.3 Å². The van der Waals surface area contributed by atoms with Crippen LogP contribution in [0.3, 0.4) is 0 Å². The van der Waals surface area contributed by atoms with Crippen LogP contribution in [0, 0.1) is 0 Å². The Hall–Kier alpha value is -2.17. The fraction of sp³-hybridized carbons (Fsp3) is 0.250. The van der Waals surface area contributed by atoms with E-state index >= 15 is 0 Å². The van der Waals surface area contributed by atoms with E-state index in [2.05, 4.69) is 10.1 Å². The molecule has 1 aliphatic heterocycles. The first-order valence-electron chi connectivity index (χ1n) is 6.75. The summed E-state index contributed by atoms with van der Waals surface area (Å²) >= 11 is 0. The highest BCUT2D eigenvalue weighted by atomic mass is 19.4. The fourth-order valence-corrected chi connectivity index (χ4v) is 2.56. The highest BCUT2D eigenvalue weighted by Gasteiger charge is 2.32. The van der Waals surface area contributed by atoms with Gasteiger partial charge in [0.2, 0.25) is 0 Å². The molecular formula is C16H14F3NO. The average molecular weight is 293 g/mol. The van der Waals surface area contributed by atoms with Crippen LogP contribution in [0.1, 0.15) is 12.0 Å². The van der Waals surface area contributed by atoms with Gasteiger partial charge in [0.1, 0.15) is 5.75 Å². The van der Waals surface area contributed by atoms with Crippen molar-refractivity contribution in [2.45, 2.75) is 19.2 Å². The Morgan fingerprint density at radius 2 is 1.86 bits per heavy atom. The zero-order valence-corrected chi connectivity index (χ0v) is 11.2. The van der Waals surface area contributed by atoms with Crippen LogP contribution in [0.5, 0.6) is 5.75 Å². The molecule has 2 aromatic carbocycles. The molecule has 0 unspecified atom stereocenters. The van der Waals surface area contributed by atoms with Crippen LogP contribution in [0.25, 0.3) is 11.1 Å². The number of ether oxygens (including phenoxy) is 1. The summed E-state index contributed by atoms with van der Waals surface area (Å²) in [5, 5.41) is 3.28. The monoisotopic (exact) mass is 293 g/mol. The van der Waals surface area contributed by atoms with Crippen molar-refractivity contribution in [2.24, 2.45) is 0 Å². The lowest BCUT2D eigenvalue weighted by molar-refractivity contribution is -0.274. The normalized spacial score (nSPS) is 14.2. The van der Waals surface area contributed by atoms with Gasteiger partial charge >= 0.3 is 6.36 Å². The van der Waals surface area contributed by atoms with Crippen LogP contribution in [0.15, 0.2) is 42.5 Å². The van der Waals surface area contributed by atoms with E-state index in [9.17, 15) is 13.2 Å². The maximum atomic E-state index is 12.5. The summed E-state index contributed by atoms with van der Waals surface area (Å²) in [5.41, 5.74) is 3.36. The fourth-order valence-electron chi connectivity index (χ4n) is 2.56. The van der Waals surface area contributed by atoms with Gasteiger partial charge in [-0.15, -0.1) is 13.2 Å². The molecule has 21 heavy (non-hydrogen) atoms. The van der Waals surface area contributed by atoms with E-state index in [1.807, 2.05) is 18.2 Å². The Bertz CT molecular complexity index is 652. The minimum atomic E-state index is -4.69. The van der Waals surface area contributed by atoms with E-state index in [0.717, 1.165) is 36.2 Å². The van der Waals surface area contributed by atoms with Crippen molar-refractivity contribution < 1.29 is 17.9 Å². The number of alkyl halides is 3. The van der Waals surface area contributed by atoms with Crippen molar-refractivity contribution in [3.05, 3.63) is 48.0 Å². The smallest absolute Gasteiger partial charge is 0.405 e. The van der Waals surface area contributed by atoms with E-state index in [1.165, 1.54) is 12.1 Å². The topological polar surface area (TPSA) is 21.3 Å². The van der Waals surface area contributed by atoms with Gasteiger partial charge < -0.3 is 10.1 Å². The number of para-hydroxylation sites is 1. The summed E-state index contributed by atoms with van der Waals surface area (Å²) in [6.07, 6.45) is -2.73. The van der Waals surface area contributed by atoms with E-state index in [1.54, 1.807) is 12.1 Å². The van der Waals surface area contributed by atoms with E-state index in [-0.39, 0.29) is 5.75 Å². The zero-order valence-electron chi connectivity index (χ0n) is 11.2. The number of rotatable bonds is 2. The van der Waals surface area contributed by atoms with Crippen LogP contribution in [0.4, 0.5) is 18.9 Å². The first-order valence-corrected chi connectivity index (χ1v) is 6.75. The molecule has 2 aromatic rings. The number of hydrogen-bond acceptors (Lipinski definition) is 2. The Balaban J connectivity index is 2.00. The molecule has 0 aliphatic carbocycles. The first-order chi connectivity index (χ1) is 10.0. The van der Waals surface area contributed by atoms with Gasteiger partial charge in [0.15, 0.2) is 0 Å². The molecule has 0 spiro atoms. The van der Waals surface area contributed by atoms with Gasteiger partial charge in [-0.2, -0.15) is 0 Å². The van der Waals surface area contributed by atoms with Crippen molar-refractivity contribution in [3.8, 4) is 16.9 Å². The van der Waals surface area contributed by atoms with Crippen molar-refractivity contribution in [1.82, 2.24) is 0 Å². The summed E-state index contributed by atoms with van der Waals surface area (Å²) in [7, 11) is 0. The number of anilines is 1. The molecule has 0 aromatic heterocycles. The Morgan fingerprint density at radius 1 is 1.05 bits per heavy atom. The van der Waals surface area contributed by atoms with E-state index in [0.29, 0.717) is 5.56 Å². The minimum Gasteiger partial charge on any atom is -0.405 e. The minimum absolute atomic E-state index is 0.172. The summed E-state index contributed by atoms with van der Waals surface area (Å²) in [6.45, 7) is 0.931. The molecule has 5 heteroatoms. The lowest BCUT2D eigenvalue weighted by atomic mass is 9.97. The molecule has 0 fully saturated rings. The maximum absolute atomic E-state index is 12.5. The molecule has 3 rings (SSSR count). The number of hydrogen-bond donors (Lipinski definition) is 1. The average Bonchev–Trinajstić information content (AvgIpc) is 2.46. The molecule has 0 atom stereocenters. The first kappa shape index (κ1) is 13.8. The lowest BCUT2D eigenvalue weighted by Crippen LogP contribution is -2.17. The van der Waals surface area contributed by atoms with Gasteiger partial charge in [0.25, 0.3) is 0 Å². The van der Waals surface area contributed by atoms with Crippen molar-refractivity contribution >= 4 is 5.69 Å². The predicted molar refractivity (Wildman–Crippen MR) is 75.4 cm³/mol. The zero-order chi connectivity index (χ0) is 14.9. The van der Waals surface area contributed by atoms with E-state index in [4.69, 9.17) is 0 Å². The number of fused-ring (bicyclic) bond motifs is 1. The number of benzene rings is 2. The third kappa shape index (κ3) is 3.12. The SMILES string of the molecule is FC(F)(F)Oc1ccccc1-c1ccc2c(c1)CCCN2. The van der Waals surface area contributed by atoms with Crippen molar-refractivity contribution in [3.63, 3.8) is 0 Å². The quantitative estimate of drug-likeness (QED) is 0.873. The standard InChI is InChI=1S/C16H14F3NO/c17-16(18,19)21-15-6-2-1-5-13(15)11-7-8-14-12(10-11)4-3-9-20-14/h1-2,5-8,10,20H,3-4,9H2. The van der Waals surface area contributed by atoms with Gasteiger partial charge in [0, 0.05) is 17.8 Å². The molecule has 0 saturated heterocycles. The highest BCUT2D eigenvalue weighted by molar-refractivity contribution is 5.73. The molecule has 0 amide bonds. The number of nitrogens with one attached hydrogen (secondary N) is 1. The molecule has 1 aliphatic rings. The van der Waals surface area contributed by atoms with Gasteiger partial charge in [0.05, 0.1) is 0 Å². The highest BCUT2D eigenvalue weighted by Crippen LogP contribution is 2.36. The Labute approximate surface area is 120 Å². The van der Waals surface area contributed by atoms with Gasteiger partial charge in [-0.25, -0.2) is 0 Å². The predicted octanol–water partition coefficient (Wildman–Crippen LogP) is 4.61. The summed E-state index contributed by atoms with van der Waals surface area (Å²) in [5.74, 6) is -0.172. The Kier molecular flexibility index (Phi) is 3.49. The van der Waals surface area contributed by atoms with Crippen LogP contribution >= 0.6 is 0 Å². The molecule has 0 radical (unpaired) electrons. The second kappa shape index (κ2) is 5.31. The van der Waals surface area contributed by atoms with Crippen molar-refractivity contribution in [2.75, 3.05) is 11.9 Å². The number of aryl methyl sites for hydroxylation is 1. The largest absolute Gasteiger partial charge is 0.573 e. The molecule has 0 bridgehead atoms. The lowest BCUT2D eigenvalue weighted by Gasteiger charge is -2.19. The molecular weight excluding hydrogens is 279 g/mol. The third-order valence-corrected chi connectivity index (χ3v) is 3.47. The molecule has 0 saturated carbocycles. The second-order valence-electron chi connectivity index (χ2n) is 4.95. The van der Waals surface area contributed by atoms with Gasteiger partial charge in [-0.3, -0.25) is 0 Å². The Morgan fingerprint density at radius 3 is 2.67 bits per heavy atom. The van der Waals surface area contributed by atoms with Crippen LogP contribution in [-0.2, 0) is 6.42 Å². The molecule has 1 heterocycles. The third-order valence-electron chi connectivity index (χ3n) is 3.47. The molecule has 1 N–H and O–H groups in total. The molecule has 110 valence electrons. The summed E-state index contributed by atoms with van der Waals surface area (Å²) < 4.78 is 41.6.